The van der Waals surface area contributed by atoms with Gasteiger partial charge < -0.3 is 15.0 Å². The number of para-hydroxylation sites is 1. The molecular weight excluding hydrogens is 523 g/mol. The first-order valence-corrected chi connectivity index (χ1v) is 11.7. The Morgan fingerprint density at radius 2 is 1.93 bits per heavy atom. The predicted molar refractivity (Wildman–Crippen MR) is 128 cm³/mol. The molecule has 0 atom stereocenters. The van der Waals surface area contributed by atoms with Gasteiger partial charge in [0.1, 0.15) is 16.1 Å². The second-order valence-corrected chi connectivity index (χ2v) is 9.51. The summed E-state index contributed by atoms with van der Waals surface area (Å²) in [7, 11) is -3.65. The van der Waals surface area contributed by atoms with E-state index in [1.165, 1.54) is 6.07 Å². The summed E-state index contributed by atoms with van der Waals surface area (Å²) in [6, 6.07) is 13.2. The number of guanidine groups is 1. The van der Waals surface area contributed by atoms with Gasteiger partial charge in [0.05, 0.1) is 6.54 Å². The Labute approximate surface area is 193 Å². The number of ether oxygens (including phenoxy) is 1. The molecule has 3 N–H and O–H groups in total. The van der Waals surface area contributed by atoms with Crippen LogP contribution in [0.5, 0.6) is 5.75 Å². The van der Waals surface area contributed by atoms with Crippen molar-refractivity contribution in [2.75, 3.05) is 19.6 Å². The number of thiophene rings is 1. The maximum Gasteiger partial charge on any atom is 0.247 e. The van der Waals surface area contributed by atoms with E-state index in [4.69, 9.17) is 9.88 Å². The number of nitrogens with two attached hydrogens (primary N) is 1. The Hall–Kier alpha value is -1.37. The topological polar surface area (TPSA) is 97.0 Å². The van der Waals surface area contributed by atoms with E-state index >= 15 is 0 Å². The molecule has 0 spiro atoms. The van der Waals surface area contributed by atoms with Crippen molar-refractivity contribution in [3.63, 3.8) is 0 Å². The monoisotopic (exact) mass is 550 g/mol. The maximum atomic E-state index is 11.4. The van der Waals surface area contributed by atoms with Crippen molar-refractivity contribution in [1.82, 2.24) is 10.2 Å². The molecule has 10 heteroatoms. The Balaban J connectivity index is 0.00000300. The second-order valence-electron chi connectivity index (χ2n) is 6.55. The van der Waals surface area contributed by atoms with Crippen LogP contribution in [0.1, 0.15) is 24.6 Å². The highest BCUT2D eigenvalue weighted by Gasteiger charge is 2.22. The summed E-state index contributed by atoms with van der Waals surface area (Å²) in [5.41, 5.74) is 0. The molecular formula is C19H27IN4O3S2. The Morgan fingerprint density at radius 1 is 1.24 bits per heavy atom. The molecule has 0 amide bonds. The standard InChI is InChI=1S/C19H26N4O3S2.HI/c1-2-21-19(22-14-17-8-9-18(27-17)28(20,24)25)23-12-10-16(11-13-23)26-15-6-4-3-5-7-15;/h3-9,16H,2,10-14H2,1H3,(H,21,22)(H2,20,24,25);1H. The third kappa shape index (κ3) is 7.12. The van der Waals surface area contributed by atoms with Crippen LogP contribution < -0.4 is 15.2 Å². The molecule has 29 heavy (non-hydrogen) atoms. The number of hydrogen-bond donors (Lipinski definition) is 2. The van der Waals surface area contributed by atoms with Crippen LogP contribution in [0.2, 0.25) is 0 Å². The van der Waals surface area contributed by atoms with Crippen LogP contribution in [-0.4, -0.2) is 45.0 Å². The van der Waals surface area contributed by atoms with Gasteiger partial charge in [-0.1, -0.05) is 18.2 Å². The van der Waals surface area contributed by atoms with E-state index in [0.717, 1.165) is 60.4 Å². The fourth-order valence-corrected chi connectivity index (χ4v) is 4.75. The predicted octanol–water partition coefficient (Wildman–Crippen LogP) is 3.02. The summed E-state index contributed by atoms with van der Waals surface area (Å²) in [4.78, 5) is 7.76. The lowest BCUT2D eigenvalue weighted by molar-refractivity contribution is 0.129. The van der Waals surface area contributed by atoms with Gasteiger partial charge in [0, 0.05) is 37.4 Å². The van der Waals surface area contributed by atoms with Crippen molar-refractivity contribution >= 4 is 51.3 Å². The lowest BCUT2D eigenvalue weighted by atomic mass is 10.1. The van der Waals surface area contributed by atoms with Crippen LogP contribution in [0.25, 0.3) is 0 Å². The summed E-state index contributed by atoms with van der Waals surface area (Å²) in [5.74, 6) is 1.75. The lowest BCUT2D eigenvalue weighted by Crippen LogP contribution is -2.47. The highest BCUT2D eigenvalue weighted by Crippen LogP contribution is 2.22. The van der Waals surface area contributed by atoms with Crippen LogP contribution >= 0.6 is 35.3 Å². The number of benzene rings is 1. The number of hydrogen-bond acceptors (Lipinski definition) is 5. The number of halogens is 1. The van der Waals surface area contributed by atoms with Gasteiger partial charge in [-0.25, -0.2) is 18.5 Å². The first-order valence-electron chi connectivity index (χ1n) is 9.32. The quantitative estimate of drug-likeness (QED) is 0.328. The molecule has 1 fully saturated rings. The van der Waals surface area contributed by atoms with E-state index in [1.807, 2.05) is 37.3 Å². The first kappa shape index (κ1) is 23.9. The van der Waals surface area contributed by atoms with E-state index in [9.17, 15) is 8.42 Å². The Bertz CT molecular complexity index is 895. The van der Waals surface area contributed by atoms with Gasteiger partial charge in [-0.2, -0.15) is 0 Å². The van der Waals surface area contributed by atoms with Crippen LogP contribution in [0, 0.1) is 0 Å². The molecule has 160 valence electrons. The van der Waals surface area contributed by atoms with E-state index in [0.29, 0.717) is 6.54 Å². The number of nitrogens with one attached hydrogen (secondary N) is 1. The van der Waals surface area contributed by atoms with Gasteiger partial charge >= 0.3 is 0 Å². The highest BCUT2D eigenvalue weighted by molar-refractivity contribution is 14.0. The van der Waals surface area contributed by atoms with Gasteiger partial charge in [0.2, 0.25) is 10.0 Å². The average molecular weight is 550 g/mol. The second kappa shape index (κ2) is 11.1. The number of aliphatic imine (C=N–C) groups is 1. The van der Waals surface area contributed by atoms with Crippen molar-refractivity contribution in [2.45, 2.75) is 36.6 Å². The summed E-state index contributed by atoms with van der Waals surface area (Å²) in [6.45, 7) is 4.94. The molecule has 0 saturated carbocycles. The van der Waals surface area contributed by atoms with E-state index in [2.05, 4.69) is 15.2 Å². The Kier molecular flexibility index (Phi) is 9.18. The number of rotatable bonds is 6. The molecule has 2 heterocycles. The number of primary sulfonamides is 1. The molecule has 1 aromatic carbocycles. The summed E-state index contributed by atoms with van der Waals surface area (Å²) in [5, 5.41) is 8.49. The number of sulfonamides is 1. The van der Waals surface area contributed by atoms with Gasteiger partial charge in [-0.15, -0.1) is 35.3 Å². The van der Waals surface area contributed by atoms with Gasteiger partial charge in [-0.05, 0) is 31.2 Å². The van der Waals surface area contributed by atoms with Crippen molar-refractivity contribution in [3.8, 4) is 5.75 Å². The molecule has 1 aromatic heterocycles. The van der Waals surface area contributed by atoms with Crippen LogP contribution in [0.4, 0.5) is 0 Å². The molecule has 1 aliphatic heterocycles. The molecule has 0 aliphatic carbocycles. The van der Waals surface area contributed by atoms with E-state index in [-0.39, 0.29) is 34.3 Å². The molecule has 1 saturated heterocycles. The Morgan fingerprint density at radius 3 is 2.52 bits per heavy atom. The SMILES string of the molecule is CCNC(=NCc1ccc(S(N)(=O)=O)s1)N1CCC(Oc2ccccc2)CC1.I. The molecule has 0 bridgehead atoms. The zero-order valence-electron chi connectivity index (χ0n) is 16.3. The third-order valence-corrected chi connectivity index (χ3v) is 6.93. The summed E-state index contributed by atoms with van der Waals surface area (Å²) < 4.78 is 29.1. The first-order chi connectivity index (χ1) is 13.5. The molecule has 0 unspecified atom stereocenters. The molecule has 7 nitrogen and oxygen atoms in total. The number of likely N-dealkylation sites (tertiary alicyclic amines) is 1. The summed E-state index contributed by atoms with van der Waals surface area (Å²) >= 11 is 1.16. The third-order valence-electron chi connectivity index (χ3n) is 4.42. The average Bonchev–Trinajstić information content (AvgIpc) is 3.16. The minimum absolute atomic E-state index is 0. The zero-order valence-corrected chi connectivity index (χ0v) is 20.2. The lowest BCUT2D eigenvalue weighted by Gasteiger charge is -2.34. The largest absolute Gasteiger partial charge is 0.490 e. The van der Waals surface area contributed by atoms with Crippen molar-refractivity contribution in [2.24, 2.45) is 10.1 Å². The van der Waals surface area contributed by atoms with Crippen molar-refractivity contribution in [3.05, 3.63) is 47.3 Å². The van der Waals surface area contributed by atoms with Crippen molar-refractivity contribution < 1.29 is 13.2 Å². The maximum absolute atomic E-state index is 11.4. The number of piperidine rings is 1. The molecule has 1 aliphatic rings. The fraction of sp³-hybridized carbons (Fsp3) is 0.421. The molecule has 2 aromatic rings. The molecule has 0 radical (unpaired) electrons. The normalized spacial score (nSPS) is 15.7. The van der Waals surface area contributed by atoms with Crippen LogP contribution in [0.15, 0.2) is 51.7 Å². The molecule has 3 rings (SSSR count). The van der Waals surface area contributed by atoms with Gasteiger partial charge in [-0.3, -0.25) is 0 Å². The van der Waals surface area contributed by atoms with Crippen LogP contribution in [0.3, 0.4) is 0 Å². The van der Waals surface area contributed by atoms with Crippen molar-refractivity contribution in [1.29, 1.82) is 0 Å². The van der Waals surface area contributed by atoms with Crippen LogP contribution in [-0.2, 0) is 16.6 Å². The van der Waals surface area contributed by atoms with E-state index < -0.39 is 10.0 Å². The van der Waals surface area contributed by atoms with E-state index in [1.54, 1.807) is 6.07 Å². The fourth-order valence-electron chi connectivity index (χ4n) is 3.05. The van der Waals surface area contributed by atoms with Gasteiger partial charge in [0.15, 0.2) is 5.96 Å². The number of nitrogens with zero attached hydrogens (tertiary/aromatic N) is 2. The highest BCUT2D eigenvalue weighted by atomic mass is 127. The minimum Gasteiger partial charge on any atom is -0.490 e. The minimum atomic E-state index is -3.65. The van der Waals surface area contributed by atoms with Gasteiger partial charge in [0.25, 0.3) is 0 Å². The summed E-state index contributed by atoms with van der Waals surface area (Å²) in [6.07, 6.45) is 2.05. The zero-order chi connectivity index (χ0) is 20.0. The smallest absolute Gasteiger partial charge is 0.247 e.